The number of methoxy groups -OCH3 is 1. The van der Waals surface area contributed by atoms with E-state index < -0.39 is 0 Å². The summed E-state index contributed by atoms with van der Waals surface area (Å²) in [6, 6.07) is 21.2. The van der Waals surface area contributed by atoms with E-state index in [1.165, 1.54) is 5.56 Å². The van der Waals surface area contributed by atoms with Gasteiger partial charge in [-0.25, -0.2) is 4.79 Å². The average Bonchev–Trinajstić information content (AvgIpc) is 2.92. The standard InChI is InChI=1S/C30H34N4O3/c1-5-31-16-17-32-29(35)24-8-6-21(7-9-24)19-34-27-15-14-25(37-4)18-26(27)28(33-30(34)36)23-12-10-22(11-13-23)20(2)3/h6-15,18,20,31H,5,16-17,19H2,1-4H3,(H,32,35). The number of nitrogens with one attached hydrogen (secondary N) is 2. The highest BCUT2D eigenvalue weighted by molar-refractivity contribution is 5.94. The molecule has 1 heterocycles. The third-order valence-corrected chi connectivity index (χ3v) is 6.43. The van der Waals surface area contributed by atoms with E-state index in [0.717, 1.165) is 35.1 Å². The molecule has 0 atom stereocenters. The van der Waals surface area contributed by atoms with Crippen LogP contribution in [0.15, 0.2) is 71.5 Å². The molecule has 0 aliphatic heterocycles. The maximum Gasteiger partial charge on any atom is 0.348 e. The van der Waals surface area contributed by atoms with E-state index in [0.29, 0.717) is 36.0 Å². The molecule has 7 nitrogen and oxygen atoms in total. The van der Waals surface area contributed by atoms with Crippen LogP contribution in [0.3, 0.4) is 0 Å². The van der Waals surface area contributed by atoms with Crippen molar-refractivity contribution in [2.45, 2.75) is 33.2 Å². The van der Waals surface area contributed by atoms with E-state index in [-0.39, 0.29) is 11.6 Å². The van der Waals surface area contributed by atoms with E-state index in [2.05, 4.69) is 41.6 Å². The van der Waals surface area contributed by atoms with E-state index in [1.807, 2.05) is 49.4 Å². The zero-order valence-electron chi connectivity index (χ0n) is 21.9. The van der Waals surface area contributed by atoms with Gasteiger partial charge < -0.3 is 15.4 Å². The second-order valence-corrected chi connectivity index (χ2v) is 9.30. The van der Waals surface area contributed by atoms with Crippen LogP contribution in [-0.2, 0) is 6.54 Å². The molecule has 0 saturated heterocycles. The number of likely N-dealkylation sites (N-methyl/N-ethyl adjacent to an activating group) is 1. The van der Waals surface area contributed by atoms with Crippen molar-refractivity contribution in [1.29, 1.82) is 0 Å². The van der Waals surface area contributed by atoms with Gasteiger partial charge in [0.2, 0.25) is 0 Å². The number of rotatable bonds is 10. The summed E-state index contributed by atoms with van der Waals surface area (Å²) < 4.78 is 7.13. The summed E-state index contributed by atoms with van der Waals surface area (Å²) in [6.07, 6.45) is 0. The van der Waals surface area contributed by atoms with Crippen molar-refractivity contribution in [2.75, 3.05) is 26.7 Å². The number of amides is 1. The molecule has 37 heavy (non-hydrogen) atoms. The summed E-state index contributed by atoms with van der Waals surface area (Å²) in [5.41, 5.74) is 4.68. The molecule has 1 aromatic heterocycles. The second-order valence-electron chi connectivity index (χ2n) is 9.30. The fourth-order valence-corrected chi connectivity index (χ4v) is 4.27. The van der Waals surface area contributed by atoms with E-state index in [4.69, 9.17) is 4.74 Å². The number of benzene rings is 3. The van der Waals surface area contributed by atoms with Crippen LogP contribution < -0.4 is 21.1 Å². The Morgan fingerprint density at radius 3 is 2.38 bits per heavy atom. The Morgan fingerprint density at radius 1 is 1.00 bits per heavy atom. The third kappa shape index (κ3) is 6.06. The maximum atomic E-state index is 13.3. The number of hydrogen-bond acceptors (Lipinski definition) is 5. The molecular weight excluding hydrogens is 464 g/mol. The first-order valence-corrected chi connectivity index (χ1v) is 12.7. The molecule has 0 radical (unpaired) electrons. The van der Waals surface area contributed by atoms with Crippen LogP contribution in [0.1, 0.15) is 48.2 Å². The van der Waals surface area contributed by atoms with Gasteiger partial charge in [-0.2, -0.15) is 4.98 Å². The minimum Gasteiger partial charge on any atom is -0.497 e. The Bertz CT molecular complexity index is 1420. The van der Waals surface area contributed by atoms with Gasteiger partial charge in [0.1, 0.15) is 5.75 Å². The van der Waals surface area contributed by atoms with Gasteiger partial charge in [-0.1, -0.05) is 57.2 Å². The highest BCUT2D eigenvalue weighted by Gasteiger charge is 2.15. The van der Waals surface area contributed by atoms with E-state index in [1.54, 1.807) is 23.8 Å². The van der Waals surface area contributed by atoms with Crippen molar-refractivity contribution in [3.63, 3.8) is 0 Å². The van der Waals surface area contributed by atoms with Crippen LogP contribution in [0, 0.1) is 0 Å². The molecule has 0 fully saturated rings. The lowest BCUT2D eigenvalue weighted by atomic mass is 9.99. The van der Waals surface area contributed by atoms with Crippen molar-refractivity contribution in [2.24, 2.45) is 0 Å². The van der Waals surface area contributed by atoms with Crippen LogP contribution in [0.2, 0.25) is 0 Å². The number of carbonyl (C=O) groups is 1. The number of fused-ring (bicyclic) bond motifs is 1. The van der Waals surface area contributed by atoms with Crippen LogP contribution >= 0.6 is 0 Å². The second kappa shape index (κ2) is 11.8. The third-order valence-electron chi connectivity index (χ3n) is 6.43. The molecule has 2 N–H and O–H groups in total. The zero-order valence-corrected chi connectivity index (χ0v) is 21.9. The van der Waals surface area contributed by atoms with Gasteiger partial charge in [-0.3, -0.25) is 9.36 Å². The molecule has 0 spiro atoms. The minimum atomic E-state index is -0.328. The molecule has 4 aromatic rings. The number of hydrogen-bond donors (Lipinski definition) is 2. The summed E-state index contributed by atoms with van der Waals surface area (Å²) in [5, 5.41) is 6.92. The predicted octanol–water partition coefficient (Wildman–Crippen LogP) is 4.58. The lowest BCUT2D eigenvalue weighted by Crippen LogP contribution is -2.31. The smallest absolute Gasteiger partial charge is 0.348 e. The summed E-state index contributed by atoms with van der Waals surface area (Å²) in [5.74, 6) is 1.00. The molecule has 0 saturated carbocycles. The Morgan fingerprint density at radius 2 is 1.73 bits per heavy atom. The number of ether oxygens (including phenoxy) is 1. The van der Waals surface area contributed by atoms with Crippen molar-refractivity contribution >= 4 is 16.8 Å². The summed E-state index contributed by atoms with van der Waals surface area (Å²) in [6.45, 7) is 8.83. The van der Waals surface area contributed by atoms with Gasteiger partial charge in [-0.15, -0.1) is 0 Å². The van der Waals surface area contributed by atoms with Gasteiger partial charge in [0.15, 0.2) is 0 Å². The Kier molecular flexibility index (Phi) is 8.36. The molecule has 0 aliphatic carbocycles. The van der Waals surface area contributed by atoms with Crippen molar-refractivity contribution < 1.29 is 9.53 Å². The molecule has 192 valence electrons. The molecule has 0 aliphatic rings. The number of aromatic nitrogens is 2. The van der Waals surface area contributed by atoms with Gasteiger partial charge in [0, 0.05) is 29.6 Å². The number of nitrogens with zero attached hydrogens (tertiary/aromatic N) is 2. The SMILES string of the molecule is CCNCCNC(=O)c1ccc(Cn2c(=O)nc(-c3ccc(C(C)C)cc3)c3cc(OC)ccc32)cc1. The van der Waals surface area contributed by atoms with Crippen molar-refractivity contribution in [3.05, 3.63) is 93.9 Å². The molecule has 3 aromatic carbocycles. The van der Waals surface area contributed by atoms with Crippen LogP contribution in [0.4, 0.5) is 0 Å². The minimum absolute atomic E-state index is 0.117. The number of carbonyl (C=O) groups excluding carboxylic acids is 1. The van der Waals surface area contributed by atoms with E-state index >= 15 is 0 Å². The summed E-state index contributed by atoms with van der Waals surface area (Å²) >= 11 is 0. The lowest BCUT2D eigenvalue weighted by molar-refractivity contribution is 0.0954. The quantitative estimate of drug-likeness (QED) is 0.313. The largest absolute Gasteiger partial charge is 0.497 e. The molecular formula is C30H34N4O3. The summed E-state index contributed by atoms with van der Waals surface area (Å²) in [7, 11) is 1.62. The van der Waals surface area contributed by atoms with Crippen LogP contribution in [0.25, 0.3) is 22.2 Å². The van der Waals surface area contributed by atoms with Gasteiger partial charge in [0.25, 0.3) is 5.91 Å². The molecule has 7 heteroatoms. The topological polar surface area (TPSA) is 85.2 Å². The normalized spacial score (nSPS) is 11.2. The van der Waals surface area contributed by atoms with Crippen LogP contribution in [-0.4, -0.2) is 42.2 Å². The van der Waals surface area contributed by atoms with E-state index in [9.17, 15) is 9.59 Å². The van der Waals surface area contributed by atoms with Crippen LogP contribution in [0.5, 0.6) is 5.75 Å². The van der Waals surface area contributed by atoms with Gasteiger partial charge >= 0.3 is 5.69 Å². The Labute approximate surface area is 217 Å². The molecule has 4 rings (SSSR count). The first kappa shape index (κ1) is 26.1. The van der Waals surface area contributed by atoms with Crippen molar-refractivity contribution in [3.8, 4) is 17.0 Å². The average molecular weight is 499 g/mol. The molecule has 1 amide bonds. The van der Waals surface area contributed by atoms with Gasteiger partial charge in [0.05, 0.1) is 24.9 Å². The first-order chi connectivity index (χ1) is 17.9. The van der Waals surface area contributed by atoms with Crippen molar-refractivity contribution in [1.82, 2.24) is 20.2 Å². The maximum absolute atomic E-state index is 13.3. The highest BCUT2D eigenvalue weighted by Crippen LogP contribution is 2.30. The zero-order chi connectivity index (χ0) is 26.4. The summed E-state index contributed by atoms with van der Waals surface area (Å²) in [4.78, 5) is 30.1. The first-order valence-electron chi connectivity index (χ1n) is 12.7. The predicted molar refractivity (Wildman–Crippen MR) is 149 cm³/mol. The Balaban J connectivity index is 1.66. The molecule has 0 bridgehead atoms. The highest BCUT2D eigenvalue weighted by atomic mass is 16.5. The lowest BCUT2D eigenvalue weighted by Gasteiger charge is -2.15. The monoisotopic (exact) mass is 498 g/mol. The van der Waals surface area contributed by atoms with Gasteiger partial charge in [-0.05, 0) is 53.9 Å². The Hall–Kier alpha value is -3.97. The fourth-order valence-electron chi connectivity index (χ4n) is 4.27. The molecule has 0 unspecified atom stereocenters. The fraction of sp³-hybridized carbons (Fsp3) is 0.300.